The van der Waals surface area contributed by atoms with Crippen molar-refractivity contribution in [1.29, 1.82) is 0 Å². The van der Waals surface area contributed by atoms with Gasteiger partial charge in [0.25, 0.3) is 10.0 Å². The summed E-state index contributed by atoms with van der Waals surface area (Å²) in [5.41, 5.74) is 1.06. The molecule has 2 heterocycles. The van der Waals surface area contributed by atoms with Crippen molar-refractivity contribution < 1.29 is 12.9 Å². The summed E-state index contributed by atoms with van der Waals surface area (Å²) in [6, 6.07) is 21.6. The summed E-state index contributed by atoms with van der Waals surface area (Å²) in [6.45, 7) is 0. The number of rotatable bonds is 3. The molecular weight excluding hydrogens is 338 g/mol. The molecule has 0 saturated carbocycles. The Labute approximate surface area is 145 Å². The van der Waals surface area contributed by atoms with Crippen molar-refractivity contribution in [2.45, 2.75) is 4.90 Å². The number of hydrogen-bond acceptors (Lipinski definition) is 5. The predicted octanol–water partition coefficient (Wildman–Crippen LogP) is 3.71. The van der Waals surface area contributed by atoms with Crippen LogP contribution in [0.2, 0.25) is 0 Å². The summed E-state index contributed by atoms with van der Waals surface area (Å²) in [4.78, 5) is 4.37. The fourth-order valence-electron chi connectivity index (χ4n) is 2.08. The highest BCUT2D eigenvalue weighted by Crippen LogP contribution is 2.13. The molecular formula is C18H15N3O3S. The van der Waals surface area contributed by atoms with E-state index in [0.29, 0.717) is 0 Å². The zero-order chi connectivity index (χ0) is 17.5. The molecule has 4 rings (SSSR count). The van der Waals surface area contributed by atoms with Crippen molar-refractivity contribution in [3.8, 4) is 0 Å². The van der Waals surface area contributed by atoms with Crippen LogP contribution in [-0.4, -0.2) is 18.6 Å². The van der Waals surface area contributed by atoms with E-state index in [4.69, 9.17) is 0 Å². The second kappa shape index (κ2) is 7.59. The molecule has 1 N–H and O–H groups in total. The van der Waals surface area contributed by atoms with Crippen molar-refractivity contribution in [3.05, 3.63) is 85.3 Å². The first kappa shape index (κ1) is 16.7. The first-order valence-electron chi connectivity index (χ1n) is 7.43. The van der Waals surface area contributed by atoms with Crippen LogP contribution in [0.25, 0.3) is 10.9 Å². The van der Waals surface area contributed by atoms with E-state index in [1.54, 1.807) is 18.2 Å². The molecule has 0 aliphatic rings. The summed E-state index contributed by atoms with van der Waals surface area (Å²) < 4.78 is 30.2. The van der Waals surface area contributed by atoms with Crippen molar-refractivity contribution in [2.75, 3.05) is 4.72 Å². The van der Waals surface area contributed by atoms with Crippen LogP contribution in [0.5, 0.6) is 0 Å². The van der Waals surface area contributed by atoms with E-state index in [-0.39, 0.29) is 10.7 Å². The standard InChI is InChI=1S/C9H8N2O3S.C9H7N/c12-15(13,8-4-2-1-3-5-8)11-9-6-7-14-10-9;1-2-6-9-8(4-1)5-3-7-10-9/h1-7H,(H,10,11);1-7H. The Balaban J connectivity index is 0.000000157. The van der Waals surface area contributed by atoms with Crippen LogP contribution in [-0.2, 0) is 10.0 Å². The Bertz CT molecular complexity index is 968. The average molecular weight is 353 g/mol. The van der Waals surface area contributed by atoms with Crippen LogP contribution in [0.3, 0.4) is 0 Å². The molecule has 126 valence electrons. The topological polar surface area (TPSA) is 85.1 Å². The maximum Gasteiger partial charge on any atom is 0.263 e. The molecule has 7 heteroatoms. The smallest absolute Gasteiger partial charge is 0.263 e. The number of nitrogens with one attached hydrogen (secondary N) is 1. The Morgan fingerprint density at radius 3 is 2.28 bits per heavy atom. The predicted molar refractivity (Wildman–Crippen MR) is 95.5 cm³/mol. The van der Waals surface area contributed by atoms with Gasteiger partial charge in [-0.05, 0) is 24.3 Å². The summed E-state index contributed by atoms with van der Waals surface area (Å²) in [6.07, 6.45) is 3.10. The van der Waals surface area contributed by atoms with Crippen LogP contribution in [0.15, 0.2) is 94.7 Å². The fraction of sp³-hybridized carbons (Fsp3) is 0. The van der Waals surface area contributed by atoms with E-state index in [1.807, 2.05) is 30.5 Å². The van der Waals surface area contributed by atoms with Gasteiger partial charge in [0.05, 0.1) is 10.4 Å². The Morgan fingerprint density at radius 2 is 1.56 bits per heavy atom. The summed E-state index contributed by atoms with van der Waals surface area (Å²) in [7, 11) is -3.56. The number of nitrogens with zero attached hydrogens (tertiary/aromatic N) is 2. The largest absolute Gasteiger partial charge is 0.363 e. The van der Waals surface area contributed by atoms with Gasteiger partial charge in [0.1, 0.15) is 6.26 Å². The lowest BCUT2D eigenvalue weighted by molar-refractivity contribution is 0.423. The third-order valence-corrected chi connectivity index (χ3v) is 4.61. The lowest BCUT2D eigenvalue weighted by Crippen LogP contribution is -2.12. The van der Waals surface area contributed by atoms with Crippen LogP contribution < -0.4 is 4.72 Å². The van der Waals surface area contributed by atoms with E-state index in [0.717, 1.165) is 5.52 Å². The summed E-state index contributed by atoms with van der Waals surface area (Å²) in [5.74, 6) is 0.166. The molecule has 0 fully saturated rings. The van der Waals surface area contributed by atoms with Gasteiger partial charge in [0.15, 0.2) is 5.82 Å². The second-order valence-corrected chi connectivity index (χ2v) is 6.68. The minimum absolute atomic E-state index is 0.166. The Kier molecular flexibility index (Phi) is 5.06. The van der Waals surface area contributed by atoms with Gasteiger partial charge in [-0.1, -0.05) is 47.6 Å². The first-order chi connectivity index (χ1) is 12.1. The lowest BCUT2D eigenvalue weighted by Gasteiger charge is -2.03. The number of sulfonamides is 1. The third-order valence-electron chi connectivity index (χ3n) is 3.24. The van der Waals surface area contributed by atoms with Gasteiger partial charge in [0.2, 0.25) is 0 Å². The van der Waals surface area contributed by atoms with Gasteiger partial charge in [-0.25, -0.2) is 8.42 Å². The van der Waals surface area contributed by atoms with Gasteiger partial charge in [0, 0.05) is 17.6 Å². The highest BCUT2D eigenvalue weighted by Gasteiger charge is 2.14. The molecule has 0 aliphatic heterocycles. The number of fused-ring (bicyclic) bond motifs is 1. The number of aromatic nitrogens is 2. The van der Waals surface area contributed by atoms with E-state index in [1.165, 1.54) is 29.8 Å². The molecule has 25 heavy (non-hydrogen) atoms. The maximum atomic E-state index is 11.7. The van der Waals surface area contributed by atoms with E-state index < -0.39 is 10.0 Å². The highest BCUT2D eigenvalue weighted by atomic mass is 32.2. The number of pyridine rings is 1. The second-order valence-electron chi connectivity index (χ2n) is 5.00. The van der Waals surface area contributed by atoms with Crippen molar-refractivity contribution >= 4 is 26.7 Å². The molecule has 0 saturated heterocycles. The van der Waals surface area contributed by atoms with Crippen LogP contribution in [0, 0.1) is 0 Å². The SMILES string of the molecule is O=S(=O)(Nc1ccon1)c1ccccc1.c1ccc2ncccc2c1. The molecule has 2 aromatic carbocycles. The Hall–Kier alpha value is -3.19. The zero-order valence-electron chi connectivity index (χ0n) is 13.1. The van der Waals surface area contributed by atoms with Gasteiger partial charge < -0.3 is 4.52 Å². The molecule has 0 radical (unpaired) electrons. The zero-order valence-corrected chi connectivity index (χ0v) is 13.9. The van der Waals surface area contributed by atoms with E-state index in [2.05, 4.69) is 31.5 Å². The molecule has 2 aromatic heterocycles. The monoisotopic (exact) mass is 353 g/mol. The van der Waals surface area contributed by atoms with E-state index in [9.17, 15) is 8.42 Å². The molecule has 0 spiro atoms. The van der Waals surface area contributed by atoms with Crippen LogP contribution in [0.4, 0.5) is 5.82 Å². The molecule has 4 aromatic rings. The lowest BCUT2D eigenvalue weighted by atomic mass is 10.2. The van der Waals surface area contributed by atoms with Gasteiger partial charge >= 0.3 is 0 Å². The van der Waals surface area contributed by atoms with Crippen molar-refractivity contribution in [3.63, 3.8) is 0 Å². The number of anilines is 1. The van der Waals surface area contributed by atoms with Crippen LogP contribution in [0.1, 0.15) is 0 Å². The van der Waals surface area contributed by atoms with Gasteiger partial charge in [-0.15, -0.1) is 0 Å². The molecule has 0 atom stereocenters. The third kappa shape index (κ3) is 4.42. The highest BCUT2D eigenvalue weighted by molar-refractivity contribution is 7.92. The number of para-hydroxylation sites is 1. The van der Waals surface area contributed by atoms with Crippen molar-refractivity contribution in [2.24, 2.45) is 0 Å². The minimum Gasteiger partial charge on any atom is -0.363 e. The molecule has 0 amide bonds. The number of benzene rings is 2. The fourth-order valence-corrected chi connectivity index (χ4v) is 3.09. The van der Waals surface area contributed by atoms with Crippen LogP contribution >= 0.6 is 0 Å². The molecule has 0 unspecified atom stereocenters. The molecule has 0 aliphatic carbocycles. The molecule has 0 bridgehead atoms. The van der Waals surface area contributed by atoms with E-state index >= 15 is 0 Å². The molecule has 6 nitrogen and oxygen atoms in total. The van der Waals surface area contributed by atoms with Crippen molar-refractivity contribution in [1.82, 2.24) is 10.1 Å². The summed E-state index contributed by atoms with van der Waals surface area (Å²) >= 11 is 0. The average Bonchev–Trinajstić information content (AvgIpc) is 3.15. The van der Waals surface area contributed by atoms with Gasteiger partial charge in [-0.3, -0.25) is 9.71 Å². The first-order valence-corrected chi connectivity index (χ1v) is 8.91. The minimum atomic E-state index is -3.56. The maximum absolute atomic E-state index is 11.7. The summed E-state index contributed by atoms with van der Waals surface area (Å²) in [5, 5.41) is 4.66. The Morgan fingerprint density at radius 1 is 0.840 bits per heavy atom. The number of hydrogen-bond donors (Lipinski definition) is 1. The van der Waals surface area contributed by atoms with Gasteiger partial charge in [-0.2, -0.15) is 0 Å². The quantitative estimate of drug-likeness (QED) is 0.607. The normalized spacial score (nSPS) is 10.7.